The first-order chi connectivity index (χ1) is 8.68. The highest BCUT2D eigenvalue weighted by Gasteiger charge is 2.14. The van der Waals surface area contributed by atoms with Crippen LogP contribution in [0.1, 0.15) is 25.7 Å². The van der Waals surface area contributed by atoms with Crippen LogP contribution in [0, 0.1) is 0 Å². The lowest BCUT2D eigenvalue weighted by atomic mass is 10.2. The number of allylic oxidation sites excluding steroid dienone is 2. The highest BCUT2D eigenvalue weighted by atomic mass is 32.2. The highest BCUT2D eigenvalue weighted by molar-refractivity contribution is 7.91. The van der Waals surface area contributed by atoms with Crippen LogP contribution in [0.2, 0.25) is 0 Å². The quantitative estimate of drug-likeness (QED) is 0.823. The fourth-order valence-electron chi connectivity index (χ4n) is 1.96. The first kappa shape index (κ1) is 13.1. The summed E-state index contributed by atoms with van der Waals surface area (Å²) in [5.41, 5.74) is 0. The number of ether oxygens (including phenoxy) is 1. The molecule has 0 atom stereocenters. The first-order valence-corrected chi connectivity index (χ1v) is 7.93. The van der Waals surface area contributed by atoms with Crippen molar-refractivity contribution < 1.29 is 13.2 Å². The fraction of sp³-hybridized carbons (Fsp3) is 0.429. The Morgan fingerprint density at radius 1 is 1.17 bits per heavy atom. The highest BCUT2D eigenvalue weighted by Crippen LogP contribution is 2.17. The van der Waals surface area contributed by atoms with E-state index in [9.17, 15) is 8.42 Å². The molecule has 1 aliphatic heterocycles. The Bertz CT molecular complexity index is 503. The standard InChI is InChI=1S/C14H18O3S/c15-18(16,14-9-2-1-3-10-14)12-6-8-13-7-4-5-11-17-13/h1-3,7,9-10H,4-6,8,11-12H2. The molecule has 98 valence electrons. The van der Waals surface area contributed by atoms with Crippen LogP contribution >= 0.6 is 0 Å². The second kappa shape index (κ2) is 6.05. The van der Waals surface area contributed by atoms with Gasteiger partial charge in [-0.3, -0.25) is 0 Å². The van der Waals surface area contributed by atoms with E-state index < -0.39 is 9.84 Å². The van der Waals surface area contributed by atoms with Gasteiger partial charge in [0, 0.05) is 6.42 Å². The van der Waals surface area contributed by atoms with Gasteiger partial charge in [-0.15, -0.1) is 0 Å². The lowest BCUT2D eigenvalue weighted by molar-refractivity contribution is 0.183. The summed E-state index contributed by atoms with van der Waals surface area (Å²) in [7, 11) is -3.14. The van der Waals surface area contributed by atoms with Gasteiger partial charge in [0.1, 0.15) is 0 Å². The molecule has 18 heavy (non-hydrogen) atoms. The van der Waals surface area contributed by atoms with Gasteiger partial charge in [-0.25, -0.2) is 8.42 Å². The van der Waals surface area contributed by atoms with Crippen molar-refractivity contribution >= 4 is 9.84 Å². The maximum Gasteiger partial charge on any atom is 0.178 e. The molecule has 0 aliphatic carbocycles. The Hall–Kier alpha value is -1.29. The van der Waals surface area contributed by atoms with Gasteiger partial charge < -0.3 is 4.74 Å². The van der Waals surface area contributed by atoms with E-state index in [1.807, 2.05) is 6.07 Å². The van der Waals surface area contributed by atoms with E-state index in [1.54, 1.807) is 24.3 Å². The Morgan fingerprint density at radius 3 is 2.61 bits per heavy atom. The zero-order chi connectivity index (χ0) is 12.8. The molecule has 0 radical (unpaired) electrons. The summed E-state index contributed by atoms with van der Waals surface area (Å²) >= 11 is 0. The summed E-state index contributed by atoms with van der Waals surface area (Å²) in [5.74, 6) is 1.13. The van der Waals surface area contributed by atoms with Crippen LogP contribution in [-0.4, -0.2) is 20.8 Å². The van der Waals surface area contributed by atoms with Crippen molar-refractivity contribution in [3.8, 4) is 0 Å². The van der Waals surface area contributed by atoms with E-state index >= 15 is 0 Å². The fourth-order valence-corrected chi connectivity index (χ4v) is 3.30. The molecule has 0 N–H and O–H groups in total. The van der Waals surface area contributed by atoms with E-state index in [0.29, 0.717) is 17.7 Å². The van der Waals surface area contributed by atoms with Gasteiger partial charge in [-0.1, -0.05) is 18.2 Å². The molecule has 2 rings (SSSR count). The molecular formula is C14H18O3S. The smallest absolute Gasteiger partial charge is 0.178 e. The van der Waals surface area contributed by atoms with Crippen LogP contribution in [-0.2, 0) is 14.6 Å². The zero-order valence-electron chi connectivity index (χ0n) is 10.3. The van der Waals surface area contributed by atoms with Crippen molar-refractivity contribution in [1.82, 2.24) is 0 Å². The van der Waals surface area contributed by atoms with Crippen LogP contribution in [0.4, 0.5) is 0 Å². The van der Waals surface area contributed by atoms with Gasteiger partial charge in [0.2, 0.25) is 0 Å². The Labute approximate surface area is 108 Å². The van der Waals surface area contributed by atoms with E-state index in [2.05, 4.69) is 6.08 Å². The second-order valence-corrected chi connectivity index (χ2v) is 6.51. The van der Waals surface area contributed by atoms with Gasteiger partial charge in [-0.05, 0) is 37.5 Å². The summed E-state index contributed by atoms with van der Waals surface area (Å²) in [5, 5.41) is 0. The number of sulfone groups is 1. The monoisotopic (exact) mass is 266 g/mol. The number of hydrogen-bond donors (Lipinski definition) is 0. The van der Waals surface area contributed by atoms with Crippen LogP contribution in [0.5, 0.6) is 0 Å². The molecule has 0 amide bonds. The largest absolute Gasteiger partial charge is 0.498 e. The van der Waals surface area contributed by atoms with Crippen LogP contribution in [0.25, 0.3) is 0 Å². The van der Waals surface area contributed by atoms with Gasteiger partial charge >= 0.3 is 0 Å². The molecule has 1 aromatic rings. The third kappa shape index (κ3) is 3.60. The predicted molar refractivity (Wildman–Crippen MR) is 71.0 cm³/mol. The van der Waals surface area contributed by atoms with Gasteiger partial charge in [0.25, 0.3) is 0 Å². The third-order valence-electron chi connectivity index (χ3n) is 2.95. The Morgan fingerprint density at radius 2 is 1.94 bits per heavy atom. The van der Waals surface area contributed by atoms with Crippen LogP contribution < -0.4 is 0 Å². The zero-order valence-corrected chi connectivity index (χ0v) is 11.2. The molecule has 1 heterocycles. The Balaban J connectivity index is 1.88. The molecule has 1 aliphatic rings. The van der Waals surface area contributed by atoms with Crippen LogP contribution in [0.15, 0.2) is 47.1 Å². The van der Waals surface area contributed by atoms with Crippen molar-refractivity contribution in [1.29, 1.82) is 0 Å². The molecule has 0 unspecified atom stereocenters. The summed E-state index contributed by atoms with van der Waals surface area (Å²) in [6, 6.07) is 8.61. The van der Waals surface area contributed by atoms with Gasteiger partial charge in [0.15, 0.2) is 9.84 Å². The minimum Gasteiger partial charge on any atom is -0.498 e. The number of rotatable bonds is 5. The lowest BCUT2D eigenvalue weighted by Gasteiger charge is -2.14. The number of hydrogen-bond acceptors (Lipinski definition) is 3. The minimum absolute atomic E-state index is 0.178. The molecule has 1 aromatic carbocycles. The van der Waals surface area contributed by atoms with Gasteiger partial charge in [0.05, 0.1) is 23.0 Å². The average molecular weight is 266 g/mol. The van der Waals surface area contributed by atoms with E-state index in [0.717, 1.165) is 25.2 Å². The van der Waals surface area contributed by atoms with Crippen molar-refractivity contribution in [2.45, 2.75) is 30.6 Å². The summed E-state index contributed by atoms with van der Waals surface area (Å²) in [4.78, 5) is 0.406. The average Bonchev–Trinajstić information content (AvgIpc) is 2.41. The molecule has 3 nitrogen and oxygen atoms in total. The van der Waals surface area contributed by atoms with Crippen molar-refractivity contribution in [3.05, 3.63) is 42.2 Å². The minimum atomic E-state index is -3.14. The van der Waals surface area contributed by atoms with Gasteiger partial charge in [-0.2, -0.15) is 0 Å². The SMILES string of the molecule is O=S(=O)(CCCC1=CCCCO1)c1ccccc1. The molecule has 0 spiro atoms. The molecule has 0 saturated carbocycles. The molecule has 0 saturated heterocycles. The van der Waals surface area contributed by atoms with Crippen LogP contribution in [0.3, 0.4) is 0 Å². The first-order valence-electron chi connectivity index (χ1n) is 6.28. The molecule has 4 heteroatoms. The van der Waals surface area contributed by atoms with E-state index in [-0.39, 0.29) is 5.75 Å². The Kier molecular flexibility index (Phi) is 4.42. The predicted octanol–water partition coefficient (Wildman–Crippen LogP) is 2.93. The maximum atomic E-state index is 12.0. The van der Waals surface area contributed by atoms with Crippen molar-refractivity contribution in [3.63, 3.8) is 0 Å². The molecular weight excluding hydrogens is 248 g/mol. The lowest BCUT2D eigenvalue weighted by Crippen LogP contribution is -2.08. The topological polar surface area (TPSA) is 43.4 Å². The summed E-state index contributed by atoms with van der Waals surface area (Å²) in [6.07, 6.45) is 5.50. The second-order valence-electron chi connectivity index (χ2n) is 4.40. The number of benzene rings is 1. The van der Waals surface area contributed by atoms with Crippen molar-refractivity contribution in [2.24, 2.45) is 0 Å². The van der Waals surface area contributed by atoms with Crippen molar-refractivity contribution in [2.75, 3.05) is 12.4 Å². The van der Waals surface area contributed by atoms with E-state index in [1.165, 1.54) is 0 Å². The van der Waals surface area contributed by atoms with E-state index in [4.69, 9.17) is 4.74 Å². The molecule has 0 aromatic heterocycles. The molecule has 0 bridgehead atoms. The summed E-state index contributed by atoms with van der Waals surface area (Å²) < 4.78 is 29.5. The maximum absolute atomic E-state index is 12.0. The molecule has 0 fully saturated rings. The normalized spacial score (nSPS) is 15.9. The summed E-state index contributed by atoms with van der Waals surface area (Å²) in [6.45, 7) is 0.761. The third-order valence-corrected chi connectivity index (χ3v) is 4.76.